The molecule has 4 heteroatoms. The molecule has 0 aliphatic carbocycles. The average molecular weight is 205 g/mol. The van der Waals surface area contributed by atoms with Crippen LogP contribution in [0.2, 0.25) is 0 Å². The summed E-state index contributed by atoms with van der Waals surface area (Å²) in [6, 6.07) is 7.94. The van der Waals surface area contributed by atoms with Gasteiger partial charge in [-0.1, -0.05) is 30.5 Å². The highest BCUT2D eigenvalue weighted by Crippen LogP contribution is 2.19. The second-order valence-electron chi connectivity index (χ2n) is 3.01. The third kappa shape index (κ3) is 1.90. The minimum Gasteiger partial charge on any atom is -0.402 e. The van der Waals surface area contributed by atoms with E-state index in [9.17, 15) is 0 Å². The number of nitrogens with two attached hydrogens (primary N) is 1. The Morgan fingerprint density at radius 2 is 2.29 bits per heavy atom. The highest BCUT2D eigenvalue weighted by molar-refractivity contribution is 7.99. The van der Waals surface area contributed by atoms with Crippen LogP contribution in [0.25, 0.3) is 11.0 Å². The van der Waals surface area contributed by atoms with Crippen LogP contribution >= 0.6 is 11.8 Å². The average Bonchev–Trinajstić information content (AvgIpc) is 2.57. The zero-order valence-electron chi connectivity index (χ0n) is 7.66. The molecule has 0 saturated heterocycles. The minimum absolute atomic E-state index is 0.662. The van der Waals surface area contributed by atoms with E-state index >= 15 is 0 Å². The number of rotatable bonds is 3. The number of nitrogens with one attached hydrogen (secondary N) is 1. The van der Waals surface area contributed by atoms with Gasteiger partial charge in [0.15, 0.2) is 5.16 Å². The molecule has 0 aliphatic rings. The molecule has 3 nitrogen and oxygen atoms in total. The molecule has 0 saturated carbocycles. The zero-order chi connectivity index (χ0) is 9.97. The number of H-pyrrole nitrogens is 1. The van der Waals surface area contributed by atoms with E-state index in [0.717, 1.165) is 16.2 Å². The van der Waals surface area contributed by atoms with Crippen molar-refractivity contribution in [1.29, 1.82) is 0 Å². The molecule has 0 bridgehead atoms. The molecule has 0 radical (unpaired) electrons. The second-order valence-corrected chi connectivity index (χ2v) is 3.97. The quantitative estimate of drug-likeness (QED) is 0.755. The molecule has 0 spiro atoms. The normalized spacial score (nSPS) is 10.6. The predicted molar refractivity (Wildman–Crippen MR) is 60.1 cm³/mol. The topological polar surface area (TPSA) is 54.7 Å². The van der Waals surface area contributed by atoms with Gasteiger partial charge in [-0.05, 0) is 12.1 Å². The number of thioether (sulfide) groups is 1. The van der Waals surface area contributed by atoms with Crippen LogP contribution < -0.4 is 5.73 Å². The first-order valence-electron chi connectivity index (χ1n) is 4.26. The van der Waals surface area contributed by atoms with Gasteiger partial charge in [0.1, 0.15) is 0 Å². The first-order valence-corrected chi connectivity index (χ1v) is 5.25. The van der Waals surface area contributed by atoms with Crippen molar-refractivity contribution in [3.8, 4) is 0 Å². The Labute approximate surface area is 86.4 Å². The Kier molecular flexibility index (Phi) is 2.45. The summed E-state index contributed by atoms with van der Waals surface area (Å²) in [6.07, 6.45) is 0. The van der Waals surface area contributed by atoms with Gasteiger partial charge >= 0.3 is 0 Å². The number of nitrogens with zero attached hydrogens (tertiary/aromatic N) is 1. The van der Waals surface area contributed by atoms with E-state index < -0.39 is 0 Å². The summed E-state index contributed by atoms with van der Waals surface area (Å²) in [7, 11) is 0. The van der Waals surface area contributed by atoms with Gasteiger partial charge in [0.2, 0.25) is 0 Å². The number of benzene rings is 1. The highest BCUT2D eigenvalue weighted by atomic mass is 32.2. The Morgan fingerprint density at radius 3 is 3.00 bits per heavy atom. The molecule has 0 atom stereocenters. The Balaban J connectivity index is 2.22. The summed E-state index contributed by atoms with van der Waals surface area (Å²) in [5.74, 6) is 0.694. The van der Waals surface area contributed by atoms with Crippen molar-refractivity contribution >= 4 is 22.8 Å². The largest absolute Gasteiger partial charge is 0.402 e. The van der Waals surface area contributed by atoms with E-state index in [-0.39, 0.29) is 0 Å². The number of fused-ring (bicyclic) bond motifs is 1. The molecule has 72 valence electrons. The summed E-state index contributed by atoms with van der Waals surface area (Å²) in [6.45, 7) is 3.64. The van der Waals surface area contributed by atoms with Crippen molar-refractivity contribution in [3.63, 3.8) is 0 Å². The fourth-order valence-electron chi connectivity index (χ4n) is 1.16. The van der Waals surface area contributed by atoms with Crippen molar-refractivity contribution in [2.75, 3.05) is 5.75 Å². The summed E-state index contributed by atoms with van der Waals surface area (Å²) in [4.78, 5) is 7.60. The molecule has 2 rings (SSSR count). The smallest absolute Gasteiger partial charge is 0.166 e. The maximum Gasteiger partial charge on any atom is 0.166 e. The first-order chi connectivity index (χ1) is 6.75. The van der Waals surface area contributed by atoms with Crippen LogP contribution in [0.4, 0.5) is 0 Å². The number of imidazole rings is 1. The predicted octanol–water partition coefficient (Wildman–Crippen LogP) is 2.13. The fraction of sp³-hybridized carbons (Fsp3) is 0.100. The monoisotopic (exact) mass is 205 g/mol. The summed E-state index contributed by atoms with van der Waals surface area (Å²) >= 11 is 1.56. The van der Waals surface area contributed by atoms with Crippen LogP contribution in [0.15, 0.2) is 41.7 Å². The van der Waals surface area contributed by atoms with Crippen molar-refractivity contribution < 1.29 is 0 Å². The molecule has 1 heterocycles. The van der Waals surface area contributed by atoms with Crippen LogP contribution in [0.3, 0.4) is 0 Å². The van der Waals surface area contributed by atoms with E-state index in [1.165, 1.54) is 0 Å². The van der Waals surface area contributed by atoms with Gasteiger partial charge in [-0.15, -0.1) is 0 Å². The van der Waals surface area contributed by atoms with E-state index in [2.05, 4.69) is 16.5 Å². The third-order valence-electron chi connectivity index (χ3n) is 1.76. The van der Waals surface area contributed by atoms with Crippen molar-refractivity contribution in [2.45, 2.75) is 5.16 Å². The fourth-order valence-corrected chi connectivity index (χ4v) is 1.83. The number of aromatic nitrogens is 2. The van der Waals surface area contributed by atoms with Gasteiger partial charge in [-0.25, -0.2) is 4.98 Å². The molecule has 1 aromatic carbocycles. The molecule has 0 aliphatic heterocycles. The number of aromatic amines is 1. The standard InChI is InChI=1S/C10H11N3S/c1-7(11)6-14-10-12-8-4-2-3-5-9(8)13-10/h2-5H,1,6,11H2,(H,12,13). The van der Waals surface area contributed by atoms with Crippen molar-refractivity contribution in [2.24, 2.45) is 5.73 Å². The van der Waals surface area contributed by atoms with E-state index in [1.54, 1.807) is 11.8 Å². The lowest BCUT2D eigenvalue weighted by Gasteiger charge is -1.94. The maximum atomic E-state index is 5.48. The van der Waals surface area contributed by atoms with E-state index in [4.69, 9.17) is 5.73 Å². The molecule has 14 heavy (non-hydrogen) atoms. The van der Waals surface area contributed by atoms with E-state index in [0.29, 0.717) is 11.4 Å². The number of para-hydroxylation sites is 2. The lowest BCUT2D eigenvalue weighted by Crippen LogP contribution is -1.97. The van der Waals surface area contributed by atoms with Crippen LogP contribution in [0, 0.1) is 0 Å². The van der Waals surface area contributed by atoms with E-state index in [1.807, 2.05) is 24.3 Å². The van der Waals surface area contributed by atoms with Crippen molar-refractivity contribution in [3.05, 3.63) is 36.5 Å². The third-order valence-corrected chi connectivity index (χ3v) is 2.74. The Hall–Kier alpha value is -1.42. The summed E-state index contributed by atoms with van der Waals surface area (Å²) < 4.78 is 0. The summed E-state index contributed by atoms with van der Waals surface area (Å²) in [5.41, 5.74) is 8.18. The molecular weight excluding hydrogens is 194 g/mol. The van der Waals surface area contributed by atoms with Crippen LogP contribution in [0.5, 0.6) is 0 Å². The van der Waals surface area contributed by atoms with Gasteiger partial charge in [0, 0.05) is 11.4 Å². The molecule has 1 aromatic heterocycles. The maximum absolute atomic E-state index is 5.48. The molecule has 0 fully saturated rings. The molecular formula is C10H11N3S. The highest BCUT2D eigenvalue weighted by Gasteiger charge is 2.01. The Bertz CT molecular complexity index is 428. The lowest BCUT2D eigenvalue weighted by molar-refractivity contribution is 1.08. The number of hydrogen-bond donors (Lipinski definition) is 2. The zero-order valence-corrected chi connectivity index (χ0v) is 8.47. The molecule has 2 aromatic rings. The van der Waals surface area contributed by atoms with Gasteiger partial charge in [0.25, 0.3) is 0 Å². The van der Waals surface area contributed by atoms with Gasteiger partial charge in [0.05, 0.1) is 11.0 Å². The van der Waals surface area contributed by atoms with Crippen LogP contribution in [0.1, 0.15) is 0 Å². The second kappa shape index (κ2) is 3.75. The SMILES string of the molecule is C=C(N)CSc1nc2ccccc2[nH]1. The minimum atomic E-state index is 0.662. The van der Waals surface area contributed by atoms with Crippen LogP contribution in [-0.4, -0.2) is 15.7 Å². The van der Waals surface area contributed by atoms with Crippen molar-refractivity contribution in [1.82, 2.24) is 9.97 Å². The molecule has 3 N–H and O–H groups in total. The number of hydrogen-bond acceptors (Lipinski definition) is 3. The van der Waals surface area contributed by atoms with Gasteiger partial charge in [-0.3, -0.25) is 0 Å². The van der Waals surface area contributed by atoms with Gasteiger partial charge < -0.3 is 10.7 Å². The lowest BCUT2D eigenvalue weighted by atomic mass is 10.3. The van der Waals surface area contributed by atoms with Crippen LogP contribution in [-0.2, 0) is 0 Å². The first kappa shape index (κ1) is 9.15. The Morgan fingerprint density at radius 1 is 1.50 bits per heavy atom. The summed E-state index contributed by atoms with van der Waals surface area (Å²) in [5, 5.41) is 0.887. The van der Waals surface area contributed by atoms with Gasteiger partial charge in [-0.2, -0.15) is 0 Å². The molecule has 0 amide bonds. The molecule has 0 unspecified atom stereocenters.